The Morgan fingerprint density at radius 3 is 2.56 bits per heavy atom. The topological polar surface area (TPSA) is 21.6 Å². The molecule has 3 rings (SSSR count). The molecule has 0 amide bonds. The third kappa shape index (κ3) is 1.72. The van der Waals surface area contributed by atoms with Crippen LogP contribution in [-0.2, 0) is 4.74 Å². The van der Waals surface area contributed by atoms with Gasteiger partial charge in [-0.2, -0.15) is 0 Å². The molecule has 2 aromatic carbocycles. The second kappa shape index (κ2) is 4.15. The predicted octanol–water partition coefficient (Wildman–Crippen LogP) is 4.07. The van der Waals surface area contributed by atoms with Gasteiger partial charge >= 0.3 is 0 Å². The molecule has 0 atom stereocenters. The first-order valence-electron chi connectivity index (χ1n) is 5.86. The summed E-state index contributed by atoms with van der Waals surface area (Å²) in [7, 11) is 0. The Kier molecular flexibility index (Phi) is 2.49. The number of fused-ring (bicyclic) bond motifs is 1. The van der Waals surface area contributed by atoms with Crippen LogP contribution in [-0.4, -0.2) is 5.90 Å². The average molecular weight is 235 g/mol. The Labute approximate surface area is 106 Å². The van der Waals surface area contributed by atoms with Crippen molar-refractivity contribution < 1.29 is 4.74 Å². The normalized spacial score (nSPS) is 15.6. The van der Waals surface area contributed by atoms with Gasteiger partial charge in [-0.15, -0.1) is 0 Å². The molecule has 0 unspecified atom stereocenters. The Morgan fingerprint density at radius 1 is 1.00 bits per heavy atom. The highest BCUT2D eigenvalue weighted by Gasteiger charge is 2.24. The van der Waals surface area contributed by atoms with Crippen LogP contribution in [0.5, 0.6) is 0 Å². The van der Waals surface area contributed by atoms with Crippen LogP contribution >= 0.6 is 0 Å². The van der Waals surface area contributed by atoms with E-state index in [0.717, 1.165) is 22.4 Å². The van der Waals surface area contributed by atoms with Crippen LogP contribution in [0.4, 0.5) is 5.69 Å². The lowest BCUT2D eigenvalue weighted by molar-refractivity contribution is 0.527. The molecular weight excluding hydrogens is 222 g/mol. The lowest BCUT2D eigenvalue weighted by Crippen LogP contribution is -1.96. The zero-order chi connectivity index (χ0) is 12.5. The van der Waals surface area contributed by atoms with E-state index in [1.54, 1.807) is 0 Å². The number of aliphatic imine (C=N–C) groups is 1. The van der Waals surface area contributed by atoms with E-state index in [4.69, 9.17) is 4.74 Å². The van der Waals surface area contributed by atoms with Gasteiger partial charge in [0.05, 0.1) is 5.69 Å². The van der Waals surface area contributed by atoms with Gasteiger partial charge in [-0.1, -0.05) is 36.9 Å². The van der Waals surface area contributed by atoms with Crippen LogP contribution in [0, 0.1) is 6.92 Å². The van der Waals surface area contributed by atoms with Crippen molar-refractivity contribution in [3.63, 3.8) is 0 Å². The minimum absolute atomic E-state index is 0.630. The molecule has 1 aliphatic heterocycles. The number of benzene rings is 2. The third-order valence-corrected chi connectivity index (χ3v) is 2.99. The van der Waals surface area contributed by atoms with Gasteiger partial charge in [-0.3, -0.25) is 0 Å². The summed E-state index contributed by atoms with van der Waals surface area (Å²) in [5, 5.41) is 0. The first-order valence-corrected chi connectivity index (χ1v) is 5.86. The highest BCUT2D eigenvalue weighted by Crippen LogP contribution is 2.32. The van der Waals surface area contributed by atoms with Gasteiger partial charge in [0.25, 0.3) is 0 Å². The van der Waals surface area contributed by atoms with Crippen molar-refractivity contribution in [1.29, 1.82) is 0 Å². The van der Waals surface area contributed by atoms with Crippen LogP contribution in [0.1, 0.15) is 16.7 Å². The molecule has 0 bridgehead atoms. The molecule has 0 aliphatic carbocycles. The summed E-state index contributed by atoms with van der Waals surface area (Å²) >= 11 is 0. The fourth-order valence-electron chi connectivity index (χ4n) is 2.14. The molecule has 0 N–H and O–H groups in total. The number of hydrogen-bond donors (Lipinski definition) is 0. The molecule has 0 saturated carbocycles. The standard InChI is InChI=1S/C16H13NO/c1-11-7-6-10-14-15(11)12(2)18-16(14)17-13-8-4-3-5-9-13/h3-10H,2H2,1H3/b17-16-. The van der Waals surface area contributed by atoms with Crippen LogP contribution in [0.3, 0.4) is 0 Å². The molecule has 0 saturated heterocycles. The van der Waals surface area contributed by atoms with Gasteiger partial charge in [0.1, 0.15) is 5.76 Å². The van der Waals surface area contributed by atoms with E-state index in [1.807, 2.05) is 42.5 Å². The van der Waals surface area contributed by atoms with Crippen LogP contribution in [0.25, 0.3) is 5.76 Å². The minimum atomic E-state index is 0.630. The van der Waals surface area contributed by atoms with Gasteiger partial charge in [0.2, 0.25) is 5.90 Å². The largest absolute Gasteiger partial charge is 0.438 e. The molecule has 2 heteroatoms. The van der Waals surface area contributed by atoms with Crippen molar-refractivity contribution in [3.8, 4) is 0 Å². The maximum atomic E-state index is 5.67. The van der Waals surface area contributed by atoms with Crippen molar-refractivity contribution in [2.75, 3.05) is 0 Å². The van der Waals surface area contributed by atoms with Gasteiger partial charge in [-0.25, -0.2) is 4.99 Å². The monoisotopic (exact) mass is 235 g/mol. The molecule has 0 aromatic heterocycles. The lowest BCUT2D eigenvalue weighted by Gasteiger charge is -1.99. The highest BCUT2D eigenvalue weighted by atomic mass is 16.5. The van der Waals surface area contributed by atoms with Crippen LogP contribution in [0.2, 0.25) is 0 Å². The average Bonchev–Trinajstić information content (AvgIpc) is 2.69. The number of nitrogens with zero attached hydrogens (tertiary/aromatic N) is 1. The smallest absolute Gasteiger partial charge is 0.227 e. The maximum Gasteiger partial charge on any atom is 0.227 e. The van der Waals surface area contributed by atoms with E-state index in [1.165, 1.54) is 0 Å². The fraction of sp³-hybridized carbons (Fsp3) is 0.0625. The Hall–Kier alpha value is -2.35. The van der Waals surface area contributed by atoms with Gasteiger partial charge < -0.3 is 4.74 Å². The quantitative estimate of drug-likeness (QED) is 0.730. The first kappa shape index (κ1) is 10.8. The molecule has 1 heterocycles. The van der Waals surface area contributed by atoms with Crippen molar-refractivity contribution >= 4 is 17.3 Å². The number of hydrogen-bond acceptors (Lipinski definition) is 2. The summed E-state index contributed by atoms with van der Waals surface area (Å²) in [6.07, 6.45) is 0. The Bertz CT molecular complexity index is 641. The summed E-state index contributed by atoms with van der Waals surface area (Å²) < 4.78 is 5.67. The Morgan fingerprint density at radius 2 is 1.78 bits per heavy atom. The van der Waals surface area contributed by atoms with Crippen LogP contribution in [0.15, 0.2) is 60.1 Å². The first-order chi connectivity index (χ1) is 8.75. The predicted molar refractivity (Wildman–Crippen MR) is 73.9 cm³/mol. The summed E-state index contributed by atoms with van der Waals surface area (Å²) in [5.74, 6) is 1.31. The zero-order valence-corrected chi connectivity index (χ0v) is 10.2. The van der Waals surface area contributed by atoms with Crippen LogP contribution < -0.4 is 0 Å². The van der Waals surface area contributed by atoms with E-state index in [0.29, 0.717) is 11.7 Å². The number of rotatable bonds is 1. The van der Waals surface area contributed by atoms with Crippen molar-refractivity contribution in [1.82, 2.24) is 0 Å². The second-order valence-corrected chi connectivity index (χ2v) is 4.28. The molecule has 0 fully saturated rings. The highest BCUT2D eigenvalue weighted by molar-refractivity contribution is 6.07. The molecule has 2 aromatic rings. The van der Waals surface area contributed by atoms with E-state index in [9.17, 15) is 0 Å². The molecule has 2 nitrogen and oxygen atoms in total. The summed E-state index contributed by atoms with van der Waals surface area (Å²) in [4.78, 5) is 4.52. The van der Waals surface area contributed by atoms with Gasteiger partial charge in [0.15, 0.2) is 0 Å². The van der Waals surface area contributed by atoms with E-state index in [2.05, 4.69) is 24.6 Å². The van der Waals surface area contributed by atoms with Crippen molar-refractivity contribution in [2.24, 2.45) is 4.99 Å². The molecule has 88 valence electrons. The lowest BCUT2D eigenvalue weighted by atomic mass is 10.0. The van der Waals surface area contributed by atoms with E-state index >= 15 is 0 Å². The molecule has 0 radical (unpaired) electrons. The second-order valence-electron chi connectivity index (χ2n) is 4.28. The van der Waals surface area contributed by atoms with Crippen molar-refractivity contribution in [2.45, 2.75) is 6.92 Å². The van der Waals surface area contributed by atoms with E-state index in [-0.39, 0.29) is 0 Å². The van der Waals surface area contributed by atoms with Crippen molar-refractivity contribution in [3.05, 3.63) is 71.8 Å². The summed E-state index contributed by atoms with van der Waals surface area (Å²) in [6, 6.07) is 15.9. The minimum Gasteiger partial charge on any atom is -0.438 e. The SMILES string of the molecule is C=C1O/C(=N\c2ccccc2)c2cccc(C)c21. The molecule has 18 heavy (non-hydrogen) atoms. The number of ether oxygens (including phenoxy) is 1. The molecule has 0 spiro atoms. The molecule has 1 aliphatic rings. The molecular formula is C16H13NO. The summed E-state index contributed by atoms with van der Waals surface area (Å²) in [6.45, 7) is 6.00. The fourth-order valence-corrected chi connectivity index (χ4v) is 2.14. The Balaban J connectivity index is 2.12. The maximum absolute atomic E-state index is 5.67. The van der Waals surface area contributed by atoms with E-state index < -0.39 is 0 Å². The zero-order valence-electron chi connectivity index (χ0n) is 10.2. The van der Waals surface area contributed by atoms with Gasteiger partial charge in [0, 0.05) is 11.1 Å². The van der Waals surface area contributed by atoms with Gasteiger partial charge in [-0.05, 0) is 30.7 Å². The number of para-hydroxylation sites is 1. The summed E-state index contributed by atoms with van der Waals surface area (Å²) in [5.41, 5.74) is 4.13. The number of aryl methyl sites for hydroxylation is 1. The third-order valence-electron chi connectivity index (χ3n) is 2.99.